The van der Waals surface area contributed by atoms with Crippen molar-refractivity contribution in [1.82, 2.24) is 9.97 Å². The second kappa shape index (κ2) is 8.85. The Morgan fingerprint density at radius 2 is 1.96 bits per heavy atom. The van der Waals surface area contributed by atoms with Gasteiger partial charge in [0, 0.05) is 19.2 Å². The van der Waals surface area contributed by atoms with Crippen LogP contribution in [0.25, 0.3) is 0 Å². The van der Waals surface area contributed by atoms with Gasteiger partial charge in [0.05, 0.1) is 17.9 Å². The Bertz CT molecular complexity index is 665. The maximum atomic E-state index is 10.5. The molecule has 2 aliphatic rings. The molecule has 148 valence electrons. The number of nitriles is 1. The van der Waals surface area contributed by atoms with Gasteiger partial charge in [0.2, 0.25) is 5.95 Å². The maximum Gasteiger partial charge on any atom is 0.224 e. The lowest BCUT2D eigenvalue weighted by molar-refractivity contribution is 0.0420. The zero-order valence-corrected chi connectivity index (χ0v) is 16.4. The van der Waals surface area contributed by atoms with Crippen LogP contribution in [0.4, 0.5) is 11.8 Å². The lowest BCUT2D eigenvalue weighted by atomic mass is 9.93. The molecule has 2 saturated carbocycles. The Labute approximate surface area is 161 Å². The number of nitrogens with one attached hydrogen (secondary N) is 2. The maximum absolute atomic E-state index is 10.5. The van der Waals surface area contributed by atoms with Crippen LogP contribution in [-0.4, -0.2) is 46.0 Å². The van der Waals surface area contributed by atoms with Crippen LogP contribution in [0.15, 0.2) is 6.20 Å². The van der Waals surface area contributed by atoms with Gasteiger partial charge >= 0.3 is 0 Å². The van der Waals surface area contributed by atoms with Crippen LogP contribution in [0.2, 0.25) is 0 Å². The molecular formula is C20H31N5O2. The molecule has 2 atom stereocenters. The Balaban J connectivity index is 1.67. The second-order valence-electron chi connectivity index (χ2n) is 8.21. The molecule has 2 fully saturated rings. The Kier molecular flexibility index (Phi) is 6.51. The summed E-state index contributed by atoms with van der Waals surface area (Å²) < 4.78 is 5.43. The number of hydrogen-bond acceptors (Lipinski definition) is 7. The van der Waals surface area contributed by atoms with Gasteiger partial charge in [-0.3, -0.25) is 0 Å². The van der Waals surface area contributed by atoms with E-state index in [0.29, 0.717) is 35.9 Å². The van der Waals surface area contributed by atoms with Crippen LogP contribution in [0, 0.1) is 11.3 Å². The van der Waals surface area contributed by atoms with Crippen LogP contribution >= 0.6 is 0 Å². The van der Waals surface area contributed by atoms with Gasteiger partial charge in [-0.2, -0.15) is 10.2 Å². The summed E-state index contributed by atoms with van der Waals surface area (Å²) in [6.45, 7) is 1.89. The fraction of sp³-hybridized carbons (Fsp3) is 0.750. The zero-order valence-electron chi connectivity index (χ0n) is 16.4. The monoisotopic (exact) mass is 373 g/mol. The molecule has 27 heavy (non-hydrogen) atoms. The number of nitrogens with zero attached hydrogens (tertiary/aromatic N) is 3. The SMILES string of the molecule is COC1CCC(Nc2ncc(C#N)c(N[C@H]3CCCC[C@](C)(O)C3)n2)CC1. The minimum absolute atomic E-state index is 0.106. The molecule has 0 aliphatic heterocycles. The summed E-state index contributed by atoms with van der Waals surface area (Å²) in [6, 6.07) is 2.61. The van der Waals surface area contributed by atoms with E-state index in [9.17, 15) is 10.4 Å². The fourth-order valence-electron chi connectivity index (χ4n) is 4.22. The standard InChI is InChI=1S/C20H31N5O2/c1-20(26)10-4-3-5-16(11-20)23-18-14(12-21)13-22-19(25-18)24-15-6-8-17(27-2)9-7-15/h13,15-17,26H,3-11H2,1-2H3,(H2,22,23,24,25)/t15?,16-,17?,20-/m0/s1. The van der Waals surface area contributed by atoms with Gasteiger partial charge in [-0.05, 0) is 51.9 Å². The summed E-state index contributed by atoms with van der Waals surface area (Å²) in [5, 5.41) is 26.7. The lowest BCUT2D eigenvalue weighted by Crippen LogP contribution is -2.32. The van der Waals surface area contributed by atoms with E-state index in [0.717, 1.165) is 51.4 Å². The molecule has 7 heteroatoms. The Morgan fingerprint density at radius 3 is 2.67 bits per heavy atom. The molecule has 3 N–H and O–H groups in total. The summed E-state index contributed by atoms with van der Waals surface area (Å²) >= 11 is 0. The largest absolute Gasteiger partial charge is 0.390 e. The molecule has 1 aromatic heterocycles. The number of methoxy groups -OCH3 is 1. The van der Waals surface area contributed by atoms with E-state index in [1.165, 1.54) is 0 Å². The van der Waals surface area contributed by atoms with Crippen molar-refractivity contribution in [1.29, 1.82) is 5.26 Å². The van der Waals surface area contributed by atoms with E-state index in [1.807, 2.05) is 6.92 Å². The Morgan fingerprint density at radius 1 is 1.19 bits per heavy atom. The summed E-state index contributed by atoms with van der Waals surface area (Å²) in [5.74, 6) is 1.11. The highest BCUT2D eigenvalue weighted by Crippen LogP contribution is 2.29. The number of ether oxygens (including phenoxy) is 1. The third-order valence-corrected chi connectivity index (χ3v) is 5.79. The van der Waals surface area contributed by atoms with Crippen LogP contribution in [0.1, 0.15) is 70.3 Å². The molecule has 2 aliphatic carbocycles. The molecule has 0 radical (unpaired) electrons. The van der Waals surface area contributed by atoms with E-state index in [-0.39, 0.29) is 6.04 Å². The predicted molar refractivity (Wildman–Crippen MR) is 105 cm³/mol. The molecule has 0 spiro atoms. The summed E-state index contributed by atoms with van der Waals surface area (Å²) in [4.78, 5) is 8.90. The van der Waals surface area contributed by atoms with Crippen LogP contribution in [-0.2, 0) is 4.74 Å². The van der Waals surface area contributed by atoms with Crippen molar-refractivity contribution in [3.05, 3.63) is 11.8 Å². The molecule has 0 aromatic carbocycles. The first-order chi connectivity index (χ1) is 13.0. The number of rotatable bonds is 5. The molecule has 0 saturated heterocycles. The van der Waals surface area contributed by atoms with Gasteiger partial charge in [-0.25, -0.2) is 4.98 Å². The molecular weight excluding hydrogens is 342 g/mol. The predicted octanol–water partition coefficient (Wildman–Crippen LogP) is 3.21. The smallest absolute Gasteiger partial charge is 0.224 e. The van der Waals surface area contributed by atoms with Crippen molar-refractivity contribution >= 4 is 11.8 Å². The van der Waals surface area contributed by atoms with Crippen molar-refractivity contribution in [3.8, 4) is 6.07 Å². The van der Waals surface area contributed by atoms with E-state index in [1.54, 1.807) is 13.3 Å². The van der Waals surface area contributed by atoms with Gasteiger partial charge in [0.1, 0.15) is 17.5 Å². The first kappa shape index (κ1) is 19.8. The average molecular weight is 374 g/mol. The van der Waals surface area contributed by atoms with Gasteiger partial charge in [0.15, 0.2) is 0 Å². The van der Waals surface area contributed by atoms with E-state index >= 15 is 0 Å². The van der Waals surface area contributed by atoms with Gasteiger partial charge in [0.25, 0.3) is 0 Å². The normalized spacial score (nSPS) is 31.6. The van der Waals surface area contributed by atoms with Gasteiger partial charge in [-0.1, -0.05) is 12.8 Å². The van der Waals surface area contributed by atoms with Crippen molar-refractivity contribution in [2.75, 3.05) is 17.7 Å². The van der Waals surface area contributed by atoms with Gasteiger partial charge < -0.3 is 20.5 Å². The summed E-state index contributed by atoms with van der Waals surface area (Å²) in [6.07, 6.45) is 10.6. The number of aromatic nitrogens is 2. The fourth-order valence-corrected chi connectivity index (χ4v) is 4.22. The topological polar surface area (TPSA) is 103 Å². The highest BCUT2D eigenvalue weighted by Gasteiger charge is 2.29. The first-order valence-electron chi connectivity index (χ1n) is 10.0. The quantitative estimate of drug-likeness (QED) is 0.681. The summed E-state index contributed by atoms with van der Waals surface area (Å²) in [5.41, 5.74) is -0.234. The van der Waals surface area contributed by atoms with Crippen molar-refractivity contribution in [3.63, 3.8) is 0 Å². The second-order valence-corrected chi connectivity index (χ2v) is 8.21. The summed E-state index contributed by atoms with van der Waals surface area (Å²) in [7, 11) is 1.77. The van der Waals surface area contributed by atoms with E-state index < -0.39 is 5.60 Å². The van der Waals surface area contributed by atoms with E-state index in [2.05, 4.69) is 26.7 Å². The third kappa shape index (κ3) is 5.53. The number of aliphatic hydroxyl groups is 1. The first-order valence-corrected chi connectivity index (χ1v) is 10.0. The number of hydrogen-bond donors (Lipinski definition) is 3. The molecule has 0 bridgehead atoms. The zero-order chi connectivity index (χ0) is 19.3. The molecule has 7 nitrogen and oxygen atoms in total. The van der Waals surface area contributed by atoms with Crippen LogP contribution in [0.5, 0.6) is 0 Å². The lowest BCUT2D eigenvalue weighted by Gasteiger charge is -2.28. The highest BCUT2D eigenvalue weighted by atomic mass is 16.5. The highest BCUT2D eigenvalue weighted by molar-refractivity contribution is 5.54. The molecule has 1 heterocycles. The Hall–Kier alpha value is -1.91. The molecule has 0 amide bonds. The van der Waals surface area contributed by atoms with Gasteiger partial charge in [-0.15, -0.1) is 0 Å². The number of anilines is 2. The van der Waals surface area contributed by atoms with Crippen molar-refractivity contribution < 1.29 is 9.84 Å². The third-order valence-electron chi connectivity index (χ3n) is 5.79. The van der Waals surface area contributed by atoms with E-state index in [4.69, 9.17) is 4.74 Å². The minimum Gasteiger partial charge on any atom is -0.390 e. The molecule has 3 rings (SSSR count). The molecule has 0 unspecified atom stereocenters. The minimum atomic E-state index is -0.672. The molecule has 1 aromatic rings. The van der Waals surface area contributed by atoms with Crippen LogP contribution < -0.4 is 10.6 Å². The average Bonchev–Trinajstić information content (AvgIpc) is 2.82. The van der Waals surface area contributed by atoms with Crippen molar-refractivity contribution in [2.24, 2.45) is 0 Å². The van der Waals surface area contributed by atoms with Crippen LogP contribution in [0.3, 0.4) is 0 Å². The van der Waals surface area contributed by atoms with Crippen molar-refractivity contribution in [2.45, 2.75) is 88.5 Å².